The molecule has 0 aromatic rings. The third-order valence-corrected chi connectivity index (χ3v) is 3.15. The van der Waals surface area contributed by atoms with E-state index in [1.165, 1.54) is 6.92 Å². The Morgan fingerprint density at radius 2 is 1.94 bits per heavy atom. The molecule has 17 heavy (non-hydrogen) atoms. The minimum absolute atomic E-state index is 0.0900. The van der Waals surface area contributed by atoms with Crippen molar-refractivity contribution in [3.05, 3.63) is 12.2 Å². The molecule has 4 heteroatoms. The van der Waals surface area contributed by atoms with Crippen molar-refractivity contribution in [2.45, 2.75) is 46.1 Å². The van der Waals surface area contributed by atoms with Crippen LogP contribution in [-0.2, 0) is 14.4 Å². The summed E-state index contributed by atoms with van der Waals surface area (Å²) in [5, 5.41) is 0. The number of hydrogen-bond acceptors (Lipinski definition) is 3. The average Bonchev–Trinajstić information content (AvgIpc) is 2.14. The first-order valence-electron chi connectivity index (χ1n) is 6.09. The number of likely N-dealkylation sites (tertiary alicyclic amines) is 1. The second-order valence-electron chi connectivity index (χ2n) is 5.00. The maximum Gasteiger partial charge on any atom is 0.363 e. The lowest BCUT2D eigenvalue weighted by Gasteiger charge is -2.42. The van der Waals surface area contributed by atoms with E-state index in [2.05, 4.69) is 6.58 Å². The summed E-state index contributed by atoms with van der Waals surface area (Å²) in [6, 6.07) is -0.232. The van der Waals surface area contributed by atoms with Crippen molar-refractivity contribution in [1.82, 2.24) is 0 Å². The number of carbonyl (C=O) groups is 2. The molecule has 1 heterocycles. The molecule has 0 N–H and O–H groups in total. The topological polar surface area (TPSA) is 43.4 Å². The van der Waals surface area contributed by atoms with Crippen molar-refractivity contribution in [3.8, 4) is 0 Å². The highest BCUT2D eigenvalue weighted by Crippen LogP contribution is 2.28. The van der Waals surface area contributed by atoms with Gasteiger partial charge >= 0.3 is 5.97 Å². The van der Waals surface area contributed by atoms with E-state index in [9.17, 15) is 9.59 Å². The predicted molar refractivity (Wildman–Crippen MR) is 64.9 cm³/mol. The lowest BCUT2D eigenvalue weighted by Crippen LogP contribution is -2.61. The fourth-order valence-corrected chi connectivity index (χ4v) is 2.69. The standard InChI is InChI=1S/C13H22NO3/c1-10(2)9-14(17-12(4)16)8-6-5-7-13(14)11(3)15/h13H,1,5-9H2,2-4H3/q+1. The highest BCUT2D eigenvalue weighted by atomic mass is 16.7. The van der Waals surface area contributed by atoms with E-state index >= 15 is 0 Å². The number of nitrogens with zero attached hydrogens (tertiary/aromatic N) is 1. The van der Waals surface area contributed by atoms with E-state index < -0.39 is 0 Å². The lowest BCUT2D eigenvalue weighted by molar-refractivity contribution is -1.10. The van der Waals surface area contributed by atoms with Crippen molar-refractivity contribution < 1.29 is 19.1 Å². The van der Waals surface area contributed by atoms with Crippen LogP contribution in [0.4, 0.5) is 0 Å². The van der Waals surface area contributed by atoms with Crippen LogP contribution in [0, 0.1) is 0 Å². The van der Waals surface area contributed by atoms with E-state index in [0.717, 1.165) is 24.8 Å². The van der Waals surface area contributed by atoms with Crippen LogP contribution >= 0.6 is 0 Å². The molecule has 0 aromatic carbocycles. The maximum atomic E-state index is 11.7. The first kappa shape index (κ1) is 13.9. The Morgan fingerprint density at radius 1 is 1.29 bits per heavy atom. The van der Waals surface area contributed by atoms with Gasteiger partial charge < -0.3 is 0 Å². The van der Waals surface area contributed by atoms with Crippen molar-refractivity contribution >= 4 is 11.8 Å². The van der Waals surface area contributed by atoms with Crippen molar-refractivity contribution in [2.75, 3.05) is 13.1 Å². The van der Waals surface area contributed by atoms with Gasteiger partial charge in [0.25, 0.3) is 0 Å². The highest BCUT2D eigenvalue weighted by Gasteiger charge is 2.46. The van der Waals surface area contributed by atoms with E-state index in [0.29, 0.717) is 13.1 Å². The summed E-state index contributed by atoms with van der Waals surface area (Å²) in [7, 11) is 0. The van der Waals surface area contributed by atoms with E-state index in [-0.39, 0.29) is 22.4 Å². The smallest absolute Gasteiger partial charge is 0.293 e. The van der Waals surface area contributed by atoms with Crippen molar-refractivity contribution in [1.29, 1.82) is 0 Å². The number of quaternary nitrogens is 1. The maximum absolute atomic E-state index is 11.7. The van der Waals surface area contributed by atoms with Gasteiger partial charge in [-0.05, 0) is 18.9 Å². The molecule has 1 aliphatic rings. The quantitative estimate of drug-likeness (QED) is 0.557. The second-order valence-corrected chi connectivity index (χ2v) is 5.00. The Balaban J connectivity index is 3.02. The van der Waals surface area contributed by atoms with Gasteiger partial charge in [-0.15, -0.1) is 4.65 Å². The van der Waals surface area contributed by atoms with Crippen LogP contribution in [0.5, 0.6) is 0 Å². The molecule has 0 saturated carbocycles. The van der Waals surface area contributed by atoms with Gasteiger partial charge in [-0.1, -0.05) is 6.58 Å². The number of piperidine rings is 1. The van der Waals surface area contributed by atoms with Gasteiger partial charge in [0.2, 0.25) is 0 Å². The first-order chi connectivity index (χ1) is 7.87. The molecule has 2 atom stereocenters. The molecule has 0 aromatic heterocycles. The molecule has 1 saturated heterocycles. The van der Waals surface area contributed by atoms with Crippen LogP contribution in [0.15, 0.2) is 12.2 Å². The molecule has 0 spiro atoms. The number of hydroxylamine groups is 3. The zero-order valence-corrected chi connectivity index (χ0v) is 11.0. The zero-order valence-electron chi connectivity index (χ0n) is 11.0. The fourth-order valence-electron chi connectivity index (χ4n) is 2.69. The number of ketones is 1. The van der Waals surface area contributed by atoms with Crippen LogP contribution in [0.25, 0.3) is 0 Å². The summed E-state index contributed by atoms with van der Waals surface area (Å²) >= 11 is 0. The molecule has 1 rings (SSSR count). The molecular formula is C13H22NO3+. The van der Waals surface area contributed by atoms with Gasteiger partial charge in [-0.25, -0.2) is 4.79 Å². The van der Waals surface area contributed by atoms with Crippen LogP contribution in [0.1, 0.15) is 40.0 Å². The molecule has 0 bridgehead atoms. The molecule has 2 unspecified atom stereocenters. The lowest BCUT2D eigenvalue weighted by atomic mass is 9.97. The highest BCUT2D eigenvalue weighted by molar-refractivity contribution is 5.80. The minimum atomic E-state index is -0.334. The number of rotatable bonds is 4. The second kappa shape index (κ2) is 5.45. The summed E-state index contributed by atoms with van der Waals surface area (Å²) in [5.74, 6) is -0.244. The van der Waals surface area contributed by atoms with E-state index in [1.807, 2.05) is 6.92 Å². The Morgan fingerprint density at radius 3 is 2.41 bits per heavy atom. The molecular weight excluding hydrogens is 218 g/mol. The molecule has 0 amide bonds. The van der Waals surface area contributed by atoms with Gasteiger partial charge in [-0.3, -0.25) is 9.63 Å². The first-order valence-corrected chi connectivity index (χ1v) is 6.09. The average molecular weight is 240 g/mol. The summed E-state index contributed by atoms with van der Waals surface area (Å²) in [6.45, 7) is 9.98. The van der Waals surface area contributed by atoms with E-state index in [4.69, 9.17) is 4.84 Å². The third-order valence-electron chi connectivity index (χ3n) is 3.15. The fraction of sp³-hybridized carbons (Fsp3) is 0.692. The van der Waals surface area contributed by atoms with Gasteiger partial charge in [0.1, 0.15) is 13.1 Å². The van der Waals surface area contributed by atoms with Crippen LogP contribution in [0.2, 0.25) is 0 Å². The van der Waals surface area contributed by atoms with Crippen LogP contribution in [-0.4, -0.2) is 35.5 Å². The molecule has 0 radical (unpaired) electrons. The Hall–Kier alpha value is -1.16. The normalized spacial score (nSPS) is 28.5. The summed E-state index contributed by atoms with van der Waals surface area (Å²) in [6.07, 6.45) is 2.78. The van der Waals surface area contributed by atoms with Gasteiger partial charge in [0, 0.05) is 26.7 Å². The SMILES string of the molecule is C=C(C)C[N+]1(OC(C)=O)CCCCC1C(C)=O. The van der Waals surface area contributed by atoms with Gasteiger partial charge in [0.05, 0.1) is 0 Å². The number of hydrogen-bond donors (Lipinski definition) is 0. The van der Waals surface area contributed by atoms with Crippen LogP contribution in [0.3, 0.4) is 0 Å². The monoisotopic (exact) mass is 240 g/mol. The molecule has 96 valence electrons. The molecule has 1 aliphatic heterocycles. The van der Waals surface area contributed by atoms with Gasteiger partial charge in [0.15, 0.2) is 11.8 Å². The van der Waals surface area contributed by atoms with E-state index in [1.54, 1.807) is 6.92 Å². The Bertz CT molecular complexity index is 320. The number of carbonyl (C=O) groups excluding carboxylic acids is 2. The Kier molecular flexibility index (Phi) is 4.46. The summed E-state index contributed by atoms with van der Waals surface area (Å²) in [5.41, 5.74) is 0.930. The Labute approximate surface area is 103 Å². The van der Waals surface area contributed by atoms with Crippen molar-refractivity contribution in [2.24, 2.45) is 0 Å². The predicted octanol–water partition coefficient (Wildman–Crippen LogP) is 2.00. The molecule has 0 aliphatic carbocycles. The minimum Gasteiger partial charge on any atom is -0.293 e. The zero-order chi connectivity index (χ0) is 13.1. The number of Topliss-reactive ketones (excluding diaryl/α,β-unsaturated/α-hetero) is 1. The van der Waals surface area contributed by atoms with Gasteiger partial charge in [-0.2, -0.15) is 0 Å². The molecule has 4 nitrogen and oxygen atoms in total. The summed E-state index contributed by atoms with van der Waals surface area (Å²) in [4.78, 5) is 28.5. The third kappa shape index (κ3) is 3.40. The van der Waals surface area contributed by atoms with Crippen molar-refractivity contribution in [3.63, 3.8) is 0 Å². The molecule has 1 fully saturated rings. The van der Waals surface area contributed by atoms with Crippen LogP contribution < -0.4 is 0 Å². The summed E-state index contributed by atoms with van der Waals surface area (Å²) < 4.78 is 0.111. The largest absolute Gasteiger partial charge is 0.363 e.